The molecule has 0 aromatic carbocycles. The van der Waals surface area contributed by atoms with E-state index < -0.39 is 0 Å². The van der Waals surface area contributed by atoms with Crippen molar-refractivity contribution in [1.29, 1.82) is 0 Å². The van der Waals surface area contributed by atoms with Gasteiger partial charge in [-0.1, -0.05) is 0 Å². The van der Waals surface area contributed by atoms with Gasteiger partial charge in [0.05, 0.1) is 0 Å². The molecule has 1 N–H and O–H groups in total. The van der Waals surface area contributed by atoms with E-state index in [9.17, 15) is 0 Å². The van der Waals surface area contributed by atoms with Crippen molar-refractivity contribution in [1.82, 2.24) is 5.32 Å². The molecule has 0 aromatic rings. The lowest BCUT2D eigenvalue weighted by Gasteiger charge is -2.27. The van der Waals surface area contributed by atoms with Crippen molar-refractivity contribution in [2.75, 3.05) is 6.54 Å². The molecule has 52 valence electrons. The molecule has 1 aliphatic heterocycles. The van der Waals surface area contributed by atoms with Gasteiger partial charge in [0.1, 0.15) is 0 Å². The summed E-state index contributed by atoms with van der Waals surface area (Å²) in [6.07, 6.45) is 5.91. The Morgan fingerprint density at radius 2 is 2.11 bits per heavy atom. The Hall–Kier alpha value is -0.0400. The molecule has 0 radical (unpaired) electrons. The van der Waals surface area contributed by atoms with Crippen LogP contribution in [0.3, 0.4) is 0 Å². The fourth-order valence-electron chi connectivity index (χ4n) is 2.04. The summed E-state index contributed by atoms with van der Waals surface area (Å²) in [7, 11) is 0. The third-order valence-corrected chi connectivity index (χ3v) is 2.84. The molecule has 1 aliphatic carbocycles. The third-order valence-electron chi connectivity index (χ3n) is 2.84. The molecule has 0 amide bonds. The minimum absolute atomic E-state index is 0.793. The first-order valence-electron chi connectivity index (χ1n) is 4.04. The van der Waals surface area contributed by atoms with Crippen LogP contribution in [0.2, 0.25) is 0 Å². The molecule has 0 bridgehead atoms. The second-order valence-electron chi connectivity index (χ2n) is 3.81. The van der Waals surface area contributed by atoms with Crippen molar-refractivity contribution in [2.24, 2.45) is 5.41 Å². The molecule has 1 spiro atoms. The lowest BCUT2D eigenvalue weighted by atomic mass is 9.90. The highest BCUT2D eigenvalue weighted by molar-refractivity contribution is 4.98. The molecule has 2 rings (SSSR count). The Labute approximate surface area is 56.8 Å². The van der Waals surface area contributed by atoms with E-state index in [0.29, 0.717) is 0 Å². The first-order chi connectivity index (χ1) is 4.31. The lowest BCUT2D eigenvalue weighted by molar-refractivity contribution is 0.296. The lowest BCUT2D eigenvalue weighted by Crippen LogP contribution is -2.36. The van der Waals surface area contributed by atoms with E-state index in [0.717, 1.165) is 11.5 Å². The van der Waals surface area contributed by atoms with Crippen LogP contribution in [0, 0.1) is 5.41 Å². The third kappa shape index (κ3) is 0.983. The van der Waals surface area contributed by atoms with E-state index in [2.05, 4.69) is 12.2 Å². The van der Waals surface area contributed by atoms with Gasteiger partial charge >= 0.3 is 0 Å². The number of hydrogen-bond acceptors (Lipinski definition) is 1. The van der Waals surface area contributed by atoms with E-state index in [1.807, 2.05) is 0 Å². The SMILES string of the molecule is CC1CC2(CCN1)CC2. The predicted octanol–water partition coefficient (Wildman–Crippen LogP) is 1.54. The van der Waals surface area contributed by atoms with E-state index in [-0.39, 0.29) is 0 Å². The topological polar surface area (TPSA) is 12.0 Å². The molecule has 1 heterocycles. The molecule has 9 heavy (non-hydrogen) atoms. The maximum absolute atomic E-state index is 3.48. The zero-order valence-electron chi connectivity index (χ0n) is 6.11. The van der Waals surface area contributed by atoms with Crippen molar-refractivity contribution in [2.45, 2.75) is 38.6 Å². The van der Waals surface area contributed by atoms with E-state index in [4.69, 9.17) is 0 Å². The largest absolute Gasteiger partial charge is 0.314 e. The zero-order valence-corrected chi connectivity index (χ0v) is 6.11. The Bertz CT molecular complexity index is 116. The van der Waals surface area contributed by atoms with Gasteiger partial charge in [-0.25, -0.2) is 0 Å². The normalized spacial score (nSPS) is 39.0. The molecule has 1 saturated carbocycles. The first kappa shape index (κ1) is 5.72. The van der Waals surface area contributed by atoms with Crippen LogP contribution in [0.4, 0.5) is 0 Å². The average molecular weight is 125 g/mol. The van der Waals surface area contributed by atoms with Gasteiger partial charge in [0, 0.05) is 6.04 Å². The molecule has 1 unspecified atom stereocenters. The summed E-state index contributed by atoms with van der Waals surface area (Å²) in [5.41, 5.74) is 0.838. The van der Waals surface area contributed by atoms with Crippen LogP contribution >= 0.6 is 0 Å². The van der Waals surface area contributed by atoms with E-state index in [1.54, 1.807) is 0 Å². The Kier molecular flexibility index (Phi) is 1.10. The second kappa shape index (κ2) is 1.72. The molecule has 1 nitrogen and oxygen atoms in total. The smallest absolute Gasteiger partial charge is 0.00440 e. The van der Waals surface area contributed by atoms with Gasteiger partial charge in [-0.05, 0) is 44.6 Å². The van der Waals surface area contributed by atoms with Crippen molar-refractivity contribution in [3.05, 3.63) is 0 Å². The highest BCUT2D eigenvalue weighted by Crippen LogP contribution is 2.53. The zero-order chi connectivity index (χ0) is 6.32. The van der Waals surface area contributed by atoms with Crippen LogP contribution in [-0.4, -0.2) is 12.6 Å². The maximum Gasteiger partial charge on any atom is 0.00440 e. The first-order valence-corrected chi connectivity index (χ1v) is 4.04. The van der Waals surface area contributed by atoms with Crippen LogP contribution in [-0.2, 0) is 0 Å². The molecule has 2 aliphatic rings. The molecular formula is C8H15N. The van der Waals surface area contributed by atoms with Crippen molar-refractivity contribution in [3.8, 4) is 0 Å². The van der Waals surface area contributed by atoms with E-state index >= 15 is 0 Å². The van der Waals surface area contributed by atoms with Crippen LogP contribution in [0.5, 0.6) is 0 Å². The van der Waals surface area contributed by atoms with Crippen LogP contribution in [0.1, 0.15) is 32.6 Å². The summed E-state index contributed by atoms with van der Waals surface area (Å²) in [6.45, 7) is 3.57. The Morgan fingerprint density at radius 1 is 1.33 bits per heavy atom. The highest BCUT2D eigenvalue weighted by atomic mass is 14.9. The monoisotopic (exact) mass is 125 g/mol. The number of rotatable bonds is 0. The van der Waals surface area contributed by atoms with Crippen LogP contribution < -0.4 is 5.32 Å². The van der Waals surface area contributed by atoms with Crippen molar-refractivity contribution in [3.63, 3.8) is 0 Å². The standard InChI is InChI=1S/C8H15N/c1-7-6-8(2-3-8)4-5-9-7/h7,9H,2-6H2,1H3. The fourth-order valence-corrected chi connectivity index (χ4v) is 2.04. The van der Waals surface area contributed by atoms with Crippen LogP contribution in [0.25, 0.3) is 0 Å². The minimum atomic E-state index is 0.793. The van der Waals surface area contributed by atoms with Gasteiger partial charge in [0.2, 0.25) is 0 Å². The highest BCUT2D eigenvalue weighted by Gasteiger charge is 2.44. The van der Waals surface area contributed by atoms with Crippen molar-refractivity contribution >= 4 is 0 Å². The summed E-state index contributed by atoms with van der Waals surface area (Å²) in [4.78, 5) is 0. The number of nitrogens with one attached hydrogen (secondary N) is 1. The minimum Gasteiger partial charge on any atom is -0.314 e. The number of hydrogen-bond donors (Lipinski definition) is 1. The van der Waals surface area contributed by atoms with Gasteiger partial charge < -0.3 is 5.32 Å². The summed E-state index contributed by atoms with van der Waals surface area (Å²) < 4.78 is 0. The maximum atomic E-state index is 3.48. The molecule has 1 heteroatoms. The van der Waals surface area contributed by atoms with Gasteiger partial charge in [0.15, 0.2) is 0 Å². The Balaban J connectivity index is 1.96. The van der Waals surface area contributed by atoms with Gasteiger partial charge in [-0.15, -0.1) is 0 Å². The van der Waals surface area contributed by atoms with Gasteiger partial charge in [-0.2, -0.15) is 0 Å². The predicted molar refractivity (Wildman–Crippen MR) is 38.4 cm³/mol. The van der Waals surface area contributed by atoms with Gasteiger partial charge in [-0.3, -0.25) is 0 Å². The van der Waals surface area contributed by atoms with Gasteiger partial charge in [0.25, 0.3) is 0 Å². The summed E-state index contributed by atoms with van der Waals surface area (Å²) in [5, 5.41) is 3.48. The molecular weight excluding hydrogens is 110 g/mol. The molecule has 1 atom stereocenters. The summed E-state index contributed by atoms with van der Waals surface area (Å²) >= 11 is 0. The molecule has 2 fully saturated rings. The number of piperidine rings is 1. The van der Waals surface area contributed by atoms with E-state index in [1.165, 1.54) is 32.2 Å². The summed E-state index contributed by atoms with van der Waals surface area (Å²) in [5.74, 6) is 0. The quantitative estimate of drug-likeness (QED) is 0.518. The molecule has 1 saturated heterocycles. The van der Waals surface area contributed by atoms with Crippen molar-refractivity contribution < 1.29 is 0 Å². The fraction of sp³-hybridized carbons (Fsp3) is 1.00. The average Bonchev–Trinajstić information content (AvgIpc) is 2.49. The summed E-state index contributed by atoms with van der Waals surface area (Å²) in [6, 6.07) is 0.793. The Morgan fingerprint density at radius 3 is 2.56 bits per heavy atom. The second-order valence-corrected chi connectivity index (χ2v) is 3.81. The van der Waals surface area contributed by atoms with Crippen LogP contribution in [0.15, 0.2) is 0 Å². The molecule has 0 aromatic heterocycles.